The minimum absolute atomic E-state index is 0.0978. The first kappa shape index (κ1) is 24.1. The first-order valence-electron chi connectivity index (χ1n) is 11.6. The number of pyridine rings is 1. The van der Waals surface area contributed by atoms with Crippen LogP contribution in [0.4, 0.5) is 27.9 Å². The van der Waals surface area contributed by atoms with E-state index < -0.39 is 30.5 Å². The van der Waals surface area contributed by atoms with Gasteiger partial charge in [0.05, 0.1) is 34.9 Å². The number of carbonyl (C=O) groups is 1. The molecule has 0 aromatic carbocycles. The van der Waals surface area contributed by atoms with E-state index in [9.17, 15) is 26.7 Å². The number of aryl methyl sites for hydroxylation is 1. The first-order valence-corrected chi connectivity index (χ1v) is 11.6. The van der Waals surface area contributed by atoms with Crippen LogP contribution in [0.5, 0.6) is 0 Å². The third-order valence-corrected chi connectivity index (χ3v) is 6.66. The summed E-state index contributed by atoms with van der Waals surface area (Å²) in [5.41, 5.74) is 1.97. The molecule has 0 unspecified atom stereocenters. The summed E-state index contributed by atoms with van der Waals surface area (Å²) < 4.78 is 66.3. The molecule has 3 heterocycles. The molecule has 0 aliphatic heterocycles. The summed E-state index contributed by atoms with van der Waals surface area (Å²) in [5.74, 6) is -0.487. The number of hydrogen-bond donors (Lipinski definition) is 2. The van der Waals surface area contributed by atoms with E-state index in [1.807, 2.05) is 12.1 Å². The van der Waals surface area contributed by atoms with Crippen molar-refractivity contribution in [2.24, 2.45) is 5.41 Å². The molecule has 7 nitrogen and oxygen atoms in total. The Kier molecular flexibility index (Phi) is 6.13. The Bertz CT molecular complexity index is 1330. The highest BCUT2D eigenvalue weighted by atomic mass is 19.4. The molecule has 12 heteroatoms. The number of fused-ring (bicyclic) bond motifs is 2. The number of halogens is 5. The Labute approximate surface area is 202 Å². The number of alkyl halides is 5. The van der Waals surface area contributed by atoms with E-state index >= 15 is 0 Å². The van der Waals surface area contributed by atoms with Crippen molar-refractivity contribution in [3.05, 3.63) is 59.2 Å². The molecule has 0 bridgehead atoms. The van der Waals surface area contributed by atoms with Gasteiger partial charge in [0.1, 0.15) is 0 Å². The second-order valence-electron chi connectivity index (χ2n) is 9.10. The van der Waals surface area contributed by atoms with Crippen molar-refractivity contribution in [3.8, 4) is 0 Å². The van der Waals surface area contributed by atoms with E-state index in [2.05, 4.69) is 25.7 Å². The van der Waals surface area contributed by atoms with Crippen LogP contribution in [0.3, 0.4) is 0 Å². The second kappa shape index (κ2) is 9.14. The zero-order valence-corrected chi connectivity index (χ0v) is 19.1. The summed E-state index contributed by atoms with van der Waals surface area (Å²) in [6, 6.07) is 3.56. The number of rotatable bonds is 7. The van der Waals surface area contributed by atoms with E-state index in [1.54, 1.807) is 18.5 Å². The molecular weight excluding hydrogens is 483 g/mol. The lowest BCUT2D eigenvalue weighted by Crippen LogP contribution is -2.32. The van der Waals surface area contributed by atoms with Gasteiger partial charge in [0.15, 0.2) is 0 Å². The van der Waals surface area contributed by atoms with E-state index in [1.165, 1.54) is 10.7 Å². The number of aromatic nitrogens is 4. The molecule has 1 saturated carbocycles. The number of anilines is 1. The van der Waals surface area contributed by atoms with Crippen molar-refractivity contribution < 1.29 is 26.7 Å². The van der Waals surface area contributed by atoms with Gasteiger partial charge in [0, 0.05) is 24.5 Å². The molecule has 3 aromatic rings. The number of allylic oxidation sites excluding steroid dienone is 1. The van der Waals surface area contributed by atoms with Gasteiger partial charge in [-0.05, 0) is 55.4 Å². The van der Waals surface area contributed by atoms with Crippen LogP contribution in [0.25, 0.3) is 11.1 Å². The van der Waals surface area contributed by atoms with Crippen LogP contribution >= 0.6 is 0 Å². The molecular formula is C24H23F5N6O. The smallest absolute Gasteiger partial charge is 0.353 e. The van der Waals surface area contributed by atoms with Crippen molar-refractivity contribution in [2.45, 2.75) is 44.7 Å². The molecule has 0 radical (unpaired) electrons. The van der Waals surface area contributed by atoms with Gasteiger partial charge < -0.3 is 10.6 Å². The SMILES string of the molecule is O=C(NCC(F)F)c1cnn2ccc(C3=CCCCc4nc(NCC5(C(F)(F)F)CC5)ncc43)cc12. The normalized spacial score (nSPS) is 16.9. The van der Waals surface area contributed by atoms with Crippen LogP contribution in [0.15, 0.2) is 36.8 Å². The predicted octanol–water partition coefficient (Wildman–Crippen LogP) is 4.64. The molecule has 2 aliphatic carbocycles. The lowest BCUT2D eigenvalue weighted by molar-refractivity contribution is -0.182. The van der Waals surface area contributed by atoms with Crippen LogP contribution in [0.1, 0.15) is 52.9 Å². The Hall–Kier alpha value is -3.57. The Morgan fingerprint density at radius 1 is 1.22 bits per heavy atom. The molecule has 0 atom stereocenters. The Balaban J connectivity index is 1.41. The number of amides is 1. The van der Waals surface area contributed by atoms with Gasteiger partial charge in [-0.3, -0.25) is 4.79 Å². The Morgan fingerprint density at radius 3 is 2.75 bits per heavy atom. The predicted molar refractivity (Wildman–Crippen MR) is 122 cm³/mol. The molecule has 2 N–H and O–H groups in total. The molecule has 0 spiro atoms. The average molecular weight is 506 g/mol. The summed E-state index contributed by atoms with van der Waals surface area (Å²) in [6.45, 7) is -1.02. The number of nitrogens with one attached hydrogen (secondary N) is 2. The fourth-order valence-electron chi connectivity index (χ4n) is 4.36. The average Bonchev–Trinajstić information content (AvgIpc) is 3.58. The topological polar surface area (TPSA) is 84.2 Å². The zero-order valence-electron chi connectivity index (χ0n) is 19.1. The summed E-state index contributed by atoms with van der Waals surface area (Å²) in [5, 5.41) is 9.08. The first-order chi connectivity index (χ1) is 17.2. The van der Waals surface area contributed by atoms with Gasteiger partial charge in [-0.25, -0.2) is 23.3 Å². The van der Waals surface area contributed by atoms with Crippen LogP contribution in [-0.4, -0.2) is 51.2 Å². The summed E-state index contributed by atoms with van der Waals surface area (Å²) in [4.78, 5) is 21.2. The quantitative estimate of drug-likeness (QED) is 0.456. The van der Waals surface area contributed by atoms with Gasteiger partial charge in [0.2, 0.25) is 5.95 Å². The molecule has 2 aliphatic rings. The summed E-state index contributed by atoms with van der Waals surface area (Å²) in [7, 11) is 0. The van der Waals surface area contributed by atoms with E-state index in [0.717, 1.165) is 35.2 Å². The van der Waals surface area contributed by atoms with E-state index in [0.29, 0.717) is 11.9 Å². The van der Waals surface area contributed by atoms with Gasteiger partial charge in [-0.15, -0.1) is 0 Å². The highest BCUT2D eigenvalue weighted by Gasteiger charge is 2.63. The summed E-state index contributed by atoms with van der Waals surface area (Å²) in [6.07, 6.45) is 2.08. The standard InChI is InChI=1S/C24H23F5N6O/c25-20(26)12-30-21(36)17-11-33-35-8-5-14(9-19(17)35)15-3-1-2-4-18-16(15)10-31-22(34-18)32-13-23(6-7-23)24(27,28)29/h3,5,8-11,20H,1-2,4,6-7,12-13H2,(H,30,36)(H,31,32,34). The zero-order chi connectivity index (χ0) is 25.5. The van der Waals surface area contributed by atoms with Crippen LogP contribution < -0.4 is 10.6 Å². The van der Waals surface area contributed by atoms with E-state index in [4.69, 9.17) is 0 Å². The lowest BCUT2D eigenvalue weighted by Gasteiger charge is -2.20. The number of carbonyl (C=O) groups excluding carboxylic acids is 1. The minimum atomic E-state index is -4.26. The largest absolute Gasteiger partial charge is 0.396 e. The van der Waals surface area contributed by atoms with Crippen molar-refractivity contribution in [2.75, 3.05) is 18.4 Å². The molecule has 3 aromatic heterocycles. The lowest BCUT2D eigenvalue weighted by atomic mass is 9.98. The fourth-order valence-corrected chi connectivity index (χ4v) is 4.36. The number of hydrogen-bond acceptors (Lipinski definition) is 5. The van der Waals surface area contributed by atoms with Crippen LogP contribution in [0.2, 0.25) is 0 Å². The molecule has 0 saturated heterocycles. The van der Waals surface area contributed by atoms with E-state index in [-0.39, 0.29) is 30.9 Å². The van der Waals surface area contributed by atoms with Crippen molar-refractivity contribution in [1.29, 1.82) is 0 Å². The second-order valence-corrected chi connectivity index (χ2v) is 9.10. The molecule has 5 rings (SSSR count). The van der Waals surface area contributed by atoms with Crippen molar-refractivity contribution in [3.63, 3.8) is 0 Å². The number of nitrogens with zero attached hydrogens (tertiary/aromatic N) is 4. The fraction of sp³-hybridized carbons (Fsp3) is 0.417. The highest BCUT2D eigenvalue weighted by Crippen LogP contribution is 2.57. The maximum absolute atomic E-state index is 13.3. The van der Waals surface area contributed by atoms with Crippen LogP contribution in [0, 0.1) is 5.41 Å². The molecule has 36 heavy (non-hydrogen) atoms. The van der Waals surface area contributed by atoms with Gasteiger partial charge >= 0.3 is 6.18 Å². The van der Waals surface area contributed by atoms with Gasteiger partial charge in [0.25, 0.3) is 12.3 Å². The van der Waals surface area contributed by atoms with Crippen LogP contribution in [-0.2, 0) is 6.42 Å². The molecule has 1 amide bonds. The van der Waals surface area contributed by atoms with Gasteiger partial charge in [-0.2, -0.15) is 18.3 Å². The monoisotopic (exact) mass is 506 g/mol. The molecule has 1 fully saturated rings. The molecule has 190 valence electrons. The van der Waals surface area contributed by atoms with Crippen molar-refractivity contribution >= 4 is 22.9 Å². The maximum atomic E-state index is 13.3. The summed E-state index contributed by atoms with van der Waals surface area (Å²) >= 11 is 0. The van der Waals surface area contributed by atoms with Gasteiger partial charge in [-0.1, -0.05) is 6.08 Å². The third-order valence-electron chi connectivity index (χ3n) is 6.66. The maximum Gasteiger partial charge on any atom is 0.396 e. The Morgan fingerprint density at radius 2 is 2.03 bits per heavy atom. The highest BCUT2D eigenvalue weighted by molar-refractivity contribution is 6.01. The third kappa shape index (κ3) is 4.63. The minimum Gasteiger partial charge on any atom is -0.353 e. The van der Waals surface area contributed by atoms with Crippen molar-refractivity contribution in [1.82, 2.24) is 24.9 Å².